The van der Waals surface area contributed by atoms with Crippen LogP contribution in [0.5, 0.6) is 0 Å². The minimum absolute atomic E-state index is 0.233. The number of anilines is 2. The summed E-state index contributed by atoms with van der Waals surface area (Å²) in [5.74, 6) is 0.616. The van der Waals surface area contributed by atoms with Crippen LogP contribution in [0, 0.1) is 0 Å². The largest absolute Gasteiger partial charge is 0.382 e. The number of nitrogens with two attached hydrogens (primary N) is 1. The Kier molecular flexibility index (Phi) is 3.74. The normalized spacial score (nSPS) is 14.6. The number of carbonyl (C=O) groups is 1. The molecule has 0 saturated carbocycles. The summed E-state index contributed by atoms with van der Waals surface area (Å²) in [5, 5.41) is 7.70. The molecule has 0 unspecified atom stereocenters. The lowest BCUT2D eigenvalue weighted by atomic mass is 10.4. The number of hydrogen-bond acceptors (Lipinski definition) is 7. The van der Waals surface area contributed by atoms with Crippen molar-refractivity contribution in [1.82, 2.24) is 25.1 Å². The van der Waals surface area contributed by atoms with Crippen LogP contribution in [-0.4, -0.2) is 38.7 Å². The molecule has 1 aliphatic rings. The van der Waals surface area contributed by atoms with Gasteiger partial charge in [0, 0.05) is 20.1 Å². The maximum absolute atomic E-state index is 12.2. The molecule has 0 bridgehead atoms. The second-order valence-corrected chi connectivity index (χ2v) is 5.90. The van der Waals surface area contributed by atoms with E-state index in [2.05, 4.69) is 25.3 Å². The van der Waals surface area contributed by atoms with Crippen molar-refractivity contribution >= 4 is 28.2 Å². The first-order chi connectivity index (χ1) is 10.1. The van der Waals surface area contributed by atoms with E-state index in [0.717, 1.165) is 31.1 Å². The van der Waals surface area contributed by atoms with Gasteiger partial charge >= 0.3 is 0 Å². The molecular weight excluding hydrogens is 290 g/mol. The number of nitrogen functional groups attached to an aromatic ring is 1. The predicted octanol–water partition coefficient (Wildman–Crippen LogP) is 0.384. The van der Waals surface area contributed by atoms with Gasteiger partial charge in [0.05, 0.1) is 6.54 Å². The minimum Gasteiger partial charge on any atom is -0.382 e. The van der Waals surface area contributed by atoms with Crippen LogP contribution < -0.4 is 16.0 Å². The molecule has 0 aromatic carbocycles. The lowest BCUT2D eigenvalue weighted by molar-refractivity contribution is 0.0954. The molecule has 1 aliphatic heterocycles. The molecule has 0 atom stereocenters. The van der Waals surface area contributed by atoms with Crippen molar-refractivity contribution in [3.8, 4) is 0 Å². The Balaban J connectivity index is 1.66. The highest BCUT2D eigenvalue weighted by atomic mass is 32.1. The van der Waals surface area contributed by atoms with Gasteiger partial charge in [0.15, 0.2) is 11.0 Å². The van der Waals surface area contributed by atoms with Crippen molar-refractivity contribution in [2.75, 3.05) is 23.7 Å². The number of nitrogens with zero attached hydrogens (tertiary/aromatic N) is 5. The molecule has 2 aromatic heterocycles. The average molecular weight is 307 g/mol. The highest BCUT2D eigenvalue weighted by Gasteiger charge is 2.21. The molecule has 0 aliphatic carbocycles. The van der Waals surface area contributed by atoms with E-state index in [1.807, 2.05) is 0 Å². The first kappa shape index (κ1) is 13.8. The van der Waals surface area contributed by atoms with Gasteiger partial charge in [0.1, 0.15) is 17.0 Å². The zero-order chi connectivity index (χ0) is 14.8. The molecular formula is C12H17N7OS. The molecule has 0 radical (unpaired) electrons. The lowest BCUT2D eigenvalue weighted by Crippen LogP contribution is -2.23. The van der Waals surface area contributed by atoms with Crippen LogP contribution in [0.4, 0.5) is 10.9 Å². The Morgan fingerprint density at radius 3 is 2.90 bits per heavy atom. The Hall–Kier alpha value is -2.16. The van der Waals surface area contributed by atoms with Crippen molar-refractivity contribution in [2.24, 2.45) is 7.05 Å². The number of nitrogens with one attached hydrogen (secondary N) is 1. The second kappa shape index (κ2) is 5.68. The molecule has 3 heterocycles. The van der Waals surface area contributed by atoms with Gasteiger partial charge in [-0.1, -0.05) is 11.3 Å². The molecule has 8 nitrogen and oxygen atoms in total. The molecule has 3 N–H and O–H groups in total. The van der Waals surface area contributed by atoms with Crippen LogP contribution in [0.25, 0.3) is 0 Å². The maximum Gasteiger partial charge on any atom is 0.265 e. The first-order valence-electron chi connectivity index (χ1n) is 6.77. The van der Waals surface area contributed by atoms with Crippen LogP contribution in [-0.2, 0) is 13.6 Å². The summed E-state index contributed by atoms with van der Waals surface area (Å²) in [7, 11) is 1.78. The summed E-state index contributed by atoms with van der Waals surface area (Å²) in [6.07, 6.45) is 3.91. The Morgan fingerprint density at radius 1 is 1.48 bits per heavy atom. The van der Waals surface area contributed by atoms with Crippen molar-refractivity contribution in [3.63, 3.8) is 0 Å². The Morgan fingerprint density at radius 2 is 2.24 bits per heavy atom. The van der Waals surface area contributed by atoms with Gasteiger partial charge in [0.2, 0.25) is 0 Å². The summed E-state index contributed by atoms with van der Waals surface area (Å²) >= 11 is 1.34. The van der Waals surface area contributed by atoms with Crippen LogP contribution in [0.3, 0.4) is 0 Å². The molecule has 9 heteroatoms. The summed E-state index contributed by atoms with van der Waals surface area (Å²) < 4.78 is 1.59. The summed E-state index contributed by atoms with van der Waals surface area (Å²) in [6, 6.07) is 0. The highest BCUT2D eigenvalue weighted by molar-refractivity contribution is 7.18. The fourth-order valence-corrected chi connectivity index (χ4v) is 3.18. The molecule has 1 fully saturated rings. The van der Waals surface area contributed by atoms with Crippen molar-refractivity contribution in [3.05, 3.63) is 17.0 Å². The monoisotopic (exact) mass is 307 g/mol. The molecule has 1 amide bonds. The van der Waals surface area contributed by atoms with E-state index in [-0.39, 0.29) is 18.3 Å². The third-order valence-corrected chi connectivity index (χ3v) is 4.41. The average Bonchev–Trinajstić information content (AvgIpc) is 3.16. The molecule has 1 saturated heterocycles. The zero-order valence-corrected chi connectivity index (χ0v) is 12.6. The minimum atomic E-state index is -0.233. The highest BCUT2D eigenvalue weighted by Crippen LogP contribution is 2.30. The predicted molar refractivity (Wildman–Crippen MR) is 80.1 cm³/mol. The van der Waals surface area contributed by atoms with Crippen molar-refractivity contribution in [2.45, 2.75) is 19.4 Å². The fourth-order valence-electron chi connectivity index (χ4n) is 2.23. The van der Waals surface area contributed by atoms with E-state index >= 15 is 0 Å². The fraction of sp³-hybridized carbons (Fsp3) is 0.500. The van der Waals surface area contributed by atoms with E-state index < -0.39 is 0 Å². The number of thiazole rings is 1. The number of aromatic nitrogens is 4. The number of amides is 1. The summed E-state index contributed by atoms with van der Waals surface area (Å²) in [5.41, 5.74) is 5.86. The van der Waals surface area contributed by atoms with Crippen LogP contribution >= 0.6 is 11.3 Å². The number of carbonyl (C=O) groups excluding carboxylic acids is 1. The standard InChI is InChI=1S/C12H17N7OS/c1-18-7-15-8(17-18)6-14-11(20)9-10(13)16-12(21-9)19-4-2-3-5-19/h7H,2-6,13H2,1H3,(H,14,20). The van der Waals surface area contributed by atoms with Crippen molar-refractivity contribution in [1.29, 1.82) is 0 Å². The molecule has 112 valence electrons. The van der Waals surface area contributed by atoms with Gasteiger partial charge in [0.25, 0.3) is 5.91 Å². The van der Waals surface area contributed by atoms with Gasteiger partial charge < -0.3 is 16.0 Å². The van der Waals surface area contributed by atoms with Crippen LogP contribution in [0.2, 0.25) is 0 Å². The molecule has 21 heavy (non-hydrogen) atoms. The number of hydrogen-bond donors (Lipinski definition) is 2. The van der Waals surface area contributed by atoms with E-state index in [0.29, 0.717) is 10.7 Å². The smallest absolute Gasteiger partial charge is 0.265 e. The van der Waals surface area contributed by atoms with E-state index in [9.17, 15) is 4.79 Å². The zero-order valence-electron chi connectivity index (χ0n) is 11.7. The van der Waals surface area contributed by atoms with Crippen LogP contribution in [0.1, 0.15) is 28.3 Å². The molecule has 0 spiro atoms. The van der Waals surface area contributed by atoms with Gasteiger partial charge in [-0.25, -0.2) is 9.97 Å². The topological polar surface area (TPSA) is 102 Å². The molecule has 2 aromatic rings. The third-order valence-electron chi connectivity index (χ3n) is 3.28. The SMILES string of the molecule is Cn1cnc(CNC(=O)c2sc(N3CCCC3)nc2N)n1. The number of aryl methyl sites for hydroxylation is 1. The number of rotatable bonds is 4. The van der Waals surface area contributed by atoms with E-state index in [4.69, 9.17) is 5.73 Å². The lowest BCUT2D eigenvalue weighted by Gasteiger charge is -2.11. The summed E-state index contributed by atoms with van der Waals surface area (Å²) in [4.78, 5) is 23.1. The Labute approximate surface area is 126 Å². The van der Waals surface area contributed by atoms with Gasteiger partial charge in [-0.05, 0) is 12.8 Å². The van der Waals surface area contributed by atoms with Gasteiger partial charge in [-0.3, -0.25) is 9.48 Å². The van der Waals surface area contributed by atoms with Crippen LogP contribution in [0.15, 0.2) is 6.33 Å². The van der Waals surface area contributed by atoms with Gasteiger partial charge in [-0.2, -0.15) is 5.10 Å². The second-order valence-electron chi connectivity index (χ2n) is 4.92. The van der Waals surface area contributed by atoms with Crippen molar-refractivity contribution < 1.29 is 4.79 Å². The van der Waals surface area contributed by atoms with Gasteiger partial charge in [-0.15, -0.1) is 0 Å². The Bertz CT molecular complexity index is 644. The third kappa shape index (κ3) is 2.97. The quantitative estimate of drug-likeness (QED) is 0.847. The first-order valence-corrected chi connectivity index (χ1v) is 7.59. The van der Waals surface area contributed by atoms with E-state index in [1.54, 1.807) is 18.1 Å². The maximum atomic E-state index is 12.2. The summed E-state index contributed by atoms with van der Waals surface area (Å²) in [6.45, 7) is 2.23. The van der Waals surface area contributed by atoms with E-state index in [1.165, 1.54) is 11.3 Å². The molecule has 3 rings (SSSR count).